The summed E-state index contributed by atoms with van der Waals surface area (Å²) < 4.78 is 16.9. The lowest BCUT2D eigenvalue weighted by atomic mass is 10.0. The fourth-order valence-electron chi connectivity index (χ4n) is 10.4. The minimum Gasteiger partial charge on any atom is -0.462 e. The van der Waals surface area contributed by atoms with Crippen LogP contribution in [-0.4, -0.2) is 37.2 Å². The topological polar surface area (TPSA) is 78.9 Å². The van der Waals surface area contributed by atoms with Crippen LogP contribution in [0.4, 0.5) is 0 Å². The standard InChI is InChI=1S/C71H132O6/c1-4-7-10-13-16-19-22-24-26-28-29-30-31-32-33-34-35-36-37-38-39-40-41-42-43-45-46-49-52-55-58-61-64-70(73)76-67-68(66-75-69(72)63-60-57-54-51-48-21-18-15-12-9-6-3)77-71(74)65-62-59-56-53-50-47-44-27-25-23-20-17-14-11-8-5-2/h15,18,20,23,27,44,68H,4-14,16-17,19,21-22,24-26,28-43,45-67H2,1-3H3/b18-15-,23-20-,44-27-. The molecule has 1 atom stereocenters. The van der Waals surface area contributed by atoms with Gasteiger partial charge in [-0.15, -0.1) is 0 Å². The molecule has 0 saturated heterocycles. The molecule has 0 saturated carbocycles. The highest BCUT2D eigenvalue weighted by atomic mass is 16.6. The second-order valence-electron chi connectivity index (χ2n) is 23.4. The quantitative estimate of drug-likeness (QED) is 0.0261. The first-order valence-electron chi connectivity index (χ1n) is 34.5. The Morgan fingerprint density at radius 1 is 0.260 bits per heavy atom. The van der Waals surface area contributed by atoms with Gasteiger partial charge in [-0.25, -0.2) is 0 Å². The number of rotatable bonds is 64. The van der Waals surface area contributed by atoms with Crippen LogP contribution in [0.2, 0.25) is 0 Å². The zero-order valence-corrected chi connectivity index (χ0v) is 52.0. The van der Waals surface area contributed by atoms with Gasteiger partial charge in [-0.2, -0.15) is 0 Å². The summed E-state index contributed by atoms with van der Waals surface area (Å²) in [5.74, 6) is -0.879. The smallest absolute Gasteiger partial charge is 0.306 e. The molecule has 0 amide bonds. The molecule has 0 aromatic carbocycles. The molecule has 452 valence electrons. The minimum atomic E-state index is -0.781. The van der Waals surface area contributed by atoms with Crippen LogP contribution in [0.1, 0.15) is 380 Å². The maximum atomic E-state index is 12.9. The van der Waals surface area contributed by atoms with Crippen molar-refractivity contribution in [3.63, 3.8) is 0 Å². The molecule has 0 aromatic rings. The van der Waals surface area contributed by atoms with Gasteiger partial charge in [-0.1, -0.05) is 327 Å². The second-order valence-corrected chi connectivity index (χ2v) is 23.4. The lowest BCUT2D eigenvalue weighted by molar-refractivity contribution is -0.167. The predicted molar refractivity (Wildman–Crippen MR) is 335 cm³/mol. The fourth-order valence-corrected chi connectivity index (χ4v) is 10.4. The fraction of sp³-hybridized carbons (Fsp3) is 0.873. The van der Waals surface area contributed by atoms with Crippen LogP contribution >= 0.6 is 0 Å². The van der Waals surface area contributed by atoms with E-state index in [0.29, 0.717) is 19.3 Å². The van der Waals surface area contributed by atoms with Crippen LogP contribution in [0.25, 0.3) is 0 Å². The normalized spacial score (nSPS) is 12.2. The van der Waals surface area contributed by atoms with Crippen LogP contribution in [-0.2, 0) is 28.6 Å². The van der Waals surface area contributed by atoms with E-state index in [1.807, 2.05) is 0 Å². The van der Waals surface area contributed by atoms with Crippen LogP contribution in [0, 0.1) is 0 Å². The molecule has 0 aliphatic carbocycles. The molecule has 0 bridgehead atoms. The third-order valence-electron chi connectivity index (χ3n) is 15.6. The Bertz CT molecular complexity index is 1290. The molecule has 0 aliphatic heterocycles. The van der Waals surface area contributed by atoms with E-state index < -0.39 is 6.10 Å². The van der Waals surface area contributed by atoms with Crippen molar-refractivity contribution in [1.29, 1.82) is 0 Å². The first-order valence-corrected chi connectivity index (χ1v) is 34.5. The van der Waals surface area contributed by atoms with Crippen molar-refractivity contribution in [3.05, 3.63) is 36.5 Å². The summed E-state index contributed by atoms with van der Waals surface area (Å²) in [6, 6.07) is 0. The van der Waals surface area contributed by atoms with E-state index in [4.69, 9.17) is 14.2 Å². The summed E-state index contributed by atoms with van der Waals surface area (Å²) in [5.41, 5.74) is 0. The monoisotopic (exact) mass is 1080 g/mol. The van der Waals surface area contributed by atoms with Gasteiger partial charge < -0.3 is 14.2 Å². The Balaban J connectivity index is 4.07. The Labute approximate surface area is 480 Å². The number of allylic oxidation sites excluding steroid dienone is 6. The molecule has 0 N–H and O–H groups in total. The van der Waals surface area contributed by atoms with Crippen LogP contribution in [0.5, 0.6) is 0 Å². The molecule has 1 unspecified atom stereocenters. The van der Waals surface area contributed by atoms with Gasteiger partial charge in [0.15, 0.2) is 6.10 Å². The van der Waals surface area contributed by atoms with Crippen molar-refractivity contribution in [3.8, 4) is 0 Å². The third kappa shape index (κ3) is 64.3. The summed E-state index contributed by atoms with van der Waals surface area (Å²) in [7, 11) is 0. The lowest BCUT2D eigenvalue weighted by Crippen LogP contribution is -2.30. The number of unbranched alkanes of at least 4 members (excludes halogenated alkanes) is 47. The predicted octanol–water partition coefficient (Wildman–Crippen LogP) is 23.6. The highest BCUT2D eigenvalue weighted by Crippen LogP contribution is 2.18. The van der Waals surface area contributed by atoms with Crippen molar-refractivity contribution in [2.45, 2.75) is 386 Å². The molecule has 0 fully saturated rings. The summed E-state index contributed by atoms with van der Waals surface area (Å²) >= 11 is 0. The van der Waals surface area contributed by atoms with Crippen LogP contribution in [0.15, 0.2) is 36.5 Å². The van der Waals surface area contributed by atoms with Gasteiger partial charge in [0.1, 0.15) is 13.2 Å². The van der Waals surface area contributed by atoms with Crippen LogP contribution in [0.3, 0.4) is 0 Å². The Hall–Kier alpha value is -2.37. The first-order chi connectivity index (χ1) is 38.0. The summed E-state index contributed by atoms with van der Waals surface area (Å²) in [6.45, 7) is 6.62. The highest BCUT2D eigenvalue weighted by Gasteiger charge is 2.19. The molecule has 77 heavy (non-hydrogen) atoms. The van der Waals surface area contributed by atoms with E-state index in [-0.39, 0.29) is 31.1 Å². The van der Waals surface area contributed by atoms with Gasteiger partial charge in [0, 0.05) is 19.3 Å². The molecule has 0 aromatic heterocycles. The molecule has 0 spiro atoms. The van der Waals surface area contributed by atoms with E-state index in [2.05, 4.69) is 57.2 Å². The first kappa shape index (κ1) is 74.6. The Morgan fingerprint density at radius 3 is 0.779 bits per heavy atom. The molecule has 0 rings (SSSR count). The van der Waals surface area contributed by atoms with Gasteiger partial charge in [-0.05, 0) is 70.6 Å². The molecular formula is C71H132O6. The largest absolute Gasteiger partial charge is 0.462 e. The SMILES string of the molecule is CCCC/C=C\CCCCCCCC(=O)OCC(COC(=O)CCCCCCCCCCCCCCCCCCCCCCCCCCCCCCCCCC)OC(=O)CCCCCCC/C=C\C/C=C\CCCCCC. The third-order valence-corrected chi connectivity index (χ3v) is 15.6. The summed E-state index contributed by atoms with van der Waals surface area (Å²) in [4.78, 5) is 38.2. The number of ether oxygens (including phenoxy) is 3. The second kappa shape index (κ2) is 66.1. The molecule has 6 nitrogen and oxygen atoms in total. The Kier molecular flexibility index (Phi) is 64.1. The average molecular weight is 1080 g/mol. The van der Waals surface area contributed by atoms with Gasteiger partial charge in [-0.3, -0.25) is 14.4 Å². The van der Waals surface area contributed by atoms with Crippen molar-refractivity contribution in [2.24, 2.45) is 0 Å². The maximum absolute atomic E-state index is 12.9. The summed E-state index contributed by atoms with van der Waals surface area (Å²) in [5, 5.41) is 0. The number of esters is 3. The van der Waals surface area contributed by atoms with Gasteiger partial charge >= 0.3 is 17.9 Å². The zero-order valence-electron chi connectivity index (χ0n) is 52.0. The molecule has 0 radical (unpaired) electrons. The highest BCUT2D eigenvalue weighted by molar-refractivity contribution is 5.71. The van der Waals surface area contributed by atoms with Crippen molar-refractivity contribution in [1.82, 2.24) is 0 Å². The molecule has 0 heterocycles. The van der Waals surface area contributed by atoms with E-state index >= 15 is 0 Å². The van der Waals surface area contributed by atoms with Gasteiger partial charge in [0.25, 0.3) is 0 Å². The Morgan fingerprint density at radius 2 is 0.481 bits per heavy atom. The van der Waals surface area contributed by atoms with E-state index in [9.17, 15) is 14.4 Å². The number of hydrogen-bond donors (Lipinski definition) is 0. The maximum Gasteiger partial charge on any atom is 0.306 e. The van der Waals surface area contributed by atoms with Gasteiger partial charge in [0.05, 0.1) is 0 Å². The zero-order chi connectivity index (χ0) is 55.7. The molecule has 0 aliphatic rings. The lowest BCUT2D eigenvalue weighted by Gasteiger charge is -2.18. The average Bonchev–Trinajstić information content (AvgIpc) is 3.43. The van der Waals surface area contributed by atoms with Crippen molar-refractivity contribution >= 4 is 17.9 Å². The number of carbonyl (C=O) groups is 3. The van der Waals surface area contributed by atoms with E-state index in [1.165, 1.54) is 250 Å². The number of hydrogen-bond acceptors (Lipinski definition) is 6. The molecular weight excluding hydrogens is 949 g/mol. The van der Waals surface area contributed by atoms with Crippen molar-refractivity contribution < 1.29 is 28.6 Å². The summed E-state index contributed by atoms with van der Waals surface area (Å²) in [6.07, 6.45) is 82.0. The van der Waals surface area contributed by atoms with Gasteiger partial charge in [0.2, 0.25) is 0 Å². The van der Waals surface area contributed by atoms with E-state index in [1.54, 1.807) is 0 Å². The minimum absolute atomic E-state index is 0.0767. The van der Waals surface area contributed by atoms with Crippen molar-refractivity contribution in [2.75, 3.05) is 13.2 Å². The number of carbonyl (C=O) groups excluding carboxylic acids is 3. The van der Waals surface area contributed by atoms with Crippen LogP contribution < -0.4 is 0 Å². The van der Waals surface area contributed by atoms with E-state index in [0.717, 1.165) is 89.9 Å². The molecule has 6 heteroatoms.